The molecule has 2 heterocycles. The Hall–Kier alpha value is -3.01. The third-order valence-electron chi connectivity index (χ3n) is 4.29. The van der Waals surface area contributed by atoms with Gasteiger partial charge in [-0.15, -0.1) is 0 Å². The van der Waals surface area contributed by atoms with Crippen molar-refractivity contribution in [3.8, 4) is 11.5 Å². The summed E-state index contributed by atoms with van der Waals surface area (Å²) in [7, 11) is 0. The van der Waals surface area contributed by atoms with Crippen molar-refractivity contribution in [3.63, 3.8) is 0 Å². The van der Waals surface area contributed by atoms with Crippen LogP contribution in [0.1, 0.15) is 12.7 Å². The number of ether oxygens (including phenoxy) is 2. The van der Waals surface area contributed by atoms with Gasteiger partial charge in [-0.05, 0) is 25.1 Å². The minimum absolute atomic E-state index is 0.0951. The maximum atomic E-state index is 13.2. The summed E-state index contributed by atoms with van der Waals surface area (Å²) in [5.41, 5.74) is 0.669. The van der Waals surface area contributed by atoms with Crippen LogP contribution in [-0.2, 0) is 11.0 Å². The number of halogens is 3. The number of para-hydroxylation sites is 1. The third kappa shape index (κ3) is 4.28. The summed E-state index contributed by atoms with van der Waals surface area (Å²) in [4.78, 5) is 19.9. The molecule has 2 aromatic carbocycles. The van der Waals surface area contributed by atoms with Crippen molar-refractivity contribution in [2.45, 2.75) is 23.4 Å². The van der Waals surface area contributed by atoms with Gasteiger partial charge in [0.05, 0.1) is 10.8 Å². The lowest BCUT2D eigenvalue weighted by atomic mass is 10.2. The summed E-state index contributed by atoms with van der Waals surface area (Å²) in [6.07, 6.45) is -4.68. The van der Waals surface area contributed by atoms with Gasteiger partial charge >= 0.3 is 6.18 Å². The predicted octanol–water partition coefficient (Wildman–Crippen LogP) is 4.54. The molecule has 0 fully saturated rings. The van der Waals surface area contributed by atoms with Crippen LogP contribution >= 0.6 is 11.8 Å². The zero-order chi connectivity index (χ0) is 21.3. The molecule has 1 atom stereocenters. The predicted molar refractivity (Wildman–Crippen MR) is 106 cm³/mol. The maximum Gasteiger partial charge on any atom is 0.451 e. The van der Waals surface area contributed by atoms with Crippen molar-refractivity contribution >= 4 is 34.3 Å². The monoisotopic (exact) mass is 435 g/mol. The first-order valence-corrected chi connectivity index (χ1v) is 9.90. The molecule has 0 radical (unpaired) electrons. The van der Waals surface area contributed by atoms with E-state index in [4.69, 9.17) is 9.47 Å². The fraction of sp³-hybridized carbons (Fsp3) is 0.250. The molecule has 10 heteroatoms. The molecular weight excluding hydrogens is 419 g/mol. The molecule has 1 amide bonds. The second-order valence-corrected chi connectivity index (χ2v) is 7.80. The Kier molecular flexibility index (Phi) is 5.42. The lowest BCUT2D eigenvalue weighted by molar-refractivity contribution is -0.145. The van der Waals surface area contributed by atoms with E-state index in [0.717, 1.165) is 11.8 Å². The molecule has 4 rings (SSSR count). The van der Waals surface area contributed by atoms with Crippen LogP contribution in [-0.4, -0.2) is 34.3 Å². The molecule has 6 nitrogen and oxygen atoms in total. The number of rotatable bonds is 4. The summed E-state index contributed by atoms with van der Waals surface area (Å²) in [6.45, 7) is 2.47. The first kappa shape index (κ1) is 20.3. The van der Waals surface area contributed by atoms with Crippen molar-refractivity contribution in [2.75, 3.05) is 18.5 Å². The van der Waals surface area contributed by atoms with Gasteiger partial charge in [0.1, 0.15) is 18.2 Å². The van der Waals surface area contributed by atoms with E-state index in [9.17, 15) is 18.0 Å². The quantitative estimate of drug-likeness (QED) is 0.479. The fourth-order valence-electron chi connectivity index (χ4n) is 2.85. The van der Waals surface area contributed by atoms with Crippen LogP contribution in [0, 0.1) is 0 Å². The van der Waals surface area contributed by atoms with Gasteiger partial charge in [-0.25, -0.2) is 9.97 Å². The minimum atomic E-state index is -4.68. The summed E-state index contributed by atoms with van der Waals surface area (Å²) < 4.78 is 50.5. The molecule has 0 spiro atoms. The van der Waals surface area contributed by atoms with Gasteiger partial charge in [0.25, 0.3) is 0 Å². The van der Waals surface area contributed by atoms with Crippen LogP contribution in [0.2, 0.25) is 0 Å². The van der Waals surface area contributed by atoms with Crippen LogP contribution in [0.25, 0.3) is 10.9 Å². The SMILES string of the molecule is C[C@H](Sc1nc(C(F)(F)F)nc2ccccc12)C(=O)Nc1ccc2c(c1)OCCO2. The number of nitrogens with one attached hydrogen (secondary N) is 1. The van der Waals surface area contributed by atoms with Gasteiger partial charge in [0, 0.05) is 17.1 Å². The largest absolute Gasteiger partial charge is 0.486 e. The average molecular weight is 435 g/mol. The Bertz CT molecular complexity index is 1110. The molecule has 0 aliphatic carbocycles. The number of carbonyl (C=O) groups is 1. The molecule has 1 N–H and O–H groups in total. The van der Waals surface area contributed by atoms with Gasteiger partial charge in [0.2, 0.25) is 11.7 Å². The van der Waals surface area contributed by atoms with E-state index in [1.807, 2.05) is 0 Å². The Morgan fingerprint density at radius 1 is 1.10 bits per heavy atom. The zero-order valence-corrected chi connectivity index (χ0v) is 16.5. The van der Waals surface area contributed by atoms with Crippen LogP contribution < -0.4 is 14.8 Å². The van der Waals surface area contributed by atoms with Crippen molar-refractivity contribution in [1.29, 1.82) is 0 Å². The molecule has 3 aromatic rings. The van der Waals surface area contributed by atoms with Gasteiger partial charge in [-0.3, -0.25) is 4.79 Å². The van der Waals surface area contributed by atoms with Crippen LogP contribution in [0.15, 0.2) is 47.5 Å². The number of hydrogen-bond donors (Lipinski definition) is 1. The van der Waals surface area contributed by atoms with E-state index in [1.165, 1.54) is 6.07 Å². The second-order valence-electron chi connectivity index (χ2n) is 6.48. The normalized spacial score (nSPS) is 14.4. The number of amides is 1. The molecule has 30 heavy (non-hydrogen) atoms. The molecule has 0 bridgehead atoms. The van der Waals surface area contributed by atoms with Crippen molar-refractivity contribution < 1.29 is 27.4 Å². The highest BCUT2D eigenvalue weighted by molar-refractivity contribution is 8.00. The van der Waals surface area contributed by atoms with E-state index in [-0.39, 0.29) is 16.4 Å². The van der Waals surface area contributed by atoms with Gasteiger partial charge in [-0.1, -0.05) is 30.0 Å². The van der Waals surface area contributed by atoms with Gasteiger partial charge < -0.3 is 14.8 Å². The number of nitrogens with zero attached hydrogens (tertiary/aromatic N) is 2. The highest BCUT2D eigenvalue weighted by Gasteiger charge is 2.36. The Morgan fingerprint density at radius 3 is 2.60 bits per heavy atom. The summed E-state index contributed by atoms with van der Waals surface area (Å²) in [5, 5.41) is 2.58. The number of benzene rings is 2. The Labute approximate surface area is 173 Å². The van der Waals surface area contributed by atoms with E-state index >= 15 is 0 Å². The van der Waals surface area contributed by atoms with Crippen LogP contribution in [0.4, 0.5) is 18.9 Å². The molecule has 1 aliphatic rings. The van der Waals surface area contributed by atoms with Crippen molar-refractivity contribution in [2.24, 2.45) is 0 Å². The first-order chi connectivity index (χ1) is 14.3. The fourth-order valence-corrected chi connectivity index (χ4v) is 3.79. The van der Waals surface area contributed by atoms with Crippen LogP contribution in [0.5, 0.6) is 11.5 Å². The molecule has 0 unspecified atom stereocenters. The lowest BCUT2D eigenvalue weighted by Crippen LogP contribution is -2.23. The van der Waals surface area contributed by atoms with Crippen LogP contribution in [0.3, 0.4) is 0 Å². The first-order valence-electron chi connectivity index (χ1n) is 9.02. The van der Waals surface area contributed by atoms with E-state index in [0.29, 0.717) is 35.8 Å². The highest BCUT2D eigenvalue weighted by atomic mass is 32.2. The molecule has 0 saturated heterocycles. The number of anilines is 1. The number of alkyl halides is 3. The van der Waals surface area contributed by atoms with Gasteiger partial charge in [-0.2, -0.15) is 13.2 Å². The number of hydrogen-bond acceptors (Lipinski definition) is 6. The number of fused-ring (bicyclic) bond motifs is 2. The number of aromatic nitrogens is 2. The smallest absolute Gasteiger partial charge is 0.451 e. The zero-order valence-electron chi connectivity index (χ0n) is 15.7. The van der Waals surface area contributed by atoms with Crippen molar-refractivity contribution in [1.82, 2.24) is 9.97 Å². The molecule has 1 aliphatic heterocycles. The van der Waals surface area contributed by atoms with E-state index in [1.54, 1.807) is 43.3 Å². The lowest BCUT2D eigenvalue weighted by Gasteiger charge is -2.19. The molecule has 0 saturated carbocycles. The minimum Gasteiger partial charge on any atom is -0.486 e. The number of carbonyl (C=O) groups excluding carboxylic acids is 1. The van der Waals surface area contributed by atoms with E-state index in [2.05, 4.69) is 15.3 Å². The average Bonchev–Trinajstić information content (AvgIpc) is 2.73. The summed E-state index contributed by atoms with van der Waals surface area (Å²) >= 11 is 0.940. The highest BCUT2D eigenvalue weighted by Crippen LogP contribution is 2.35. The standard InChI is InChI=1S/C20H16F3N3O3S/c1-11(17(27)24-12-6-7-15-16(10-12)29-9-8-28-15)30-18-13-4-2-3-5-14(13)25-19(26-18)20(21,22)23/h2-7,10-11H,8-9H2,1H3,(H,24,27)/t11-/m0/s1. The molecule has 156 valence electrons. The van der Waals surface area contributed by atoms with Gasteiger partial charge in [0.15, 0.2) is 11.5 Å². The third-order valence-corrected chi connectivity index (χ3v) is 5.39. The topological polar surface area (TPSA) is 73.3 Å². The Balaban J connectivity index is 1.55. The van der Waals surface area contributed by atoms with Crippen molar-refractivity contribution in [3.05, 3.63) is 48.3 Å². The number of thioether (sulfide) groups is 1. The second kappa shape index (κ2) is 8.02. The maximum absolute atomic E-state index is 13.2. The molecular formula is C20H16F3N3O3S. The summed E-state index contributed by atoms with van der Waals surface area (Å²) in [5.74, 6) is -0.499. The molecule has 1 aromatic heterocycles. The Morgan fingerprint density at radius 2 is 1.83 bits per heavy atom. The van der Waals surface area contributed by atoms with E-state index < -0.39 is 17.3 Å². The summed E-state index contributed by atoms with van der Waals surface area (Å²) in [6, 6.07) is 11.4.